The molecule has 0 unspecified atom stereocenters. The summed E-state index contributed by atoms with van der Waals surface area (Å²) in [5.41, 5.74) is 1.08. The summed E-state index contributed by atoms with van der Waals surface area (Å²) in [6.45, 7) is 4.83. The van der Waals surface area contributed by atoms with E-state index in [2.05, 4.69) is 10.6 Å². The maximum Gasteiger partial charge on any atom is 0.321 e. The first-order valence-electron chi connectivity index (χ1n) is 7.97. The Kier molecular flexibility index (Phi) is 5.98. The molecule has 1 aliphatic carbocycles. The van der Waals surface area contributed by atoms with E-state index in [1.54, 1.807) is 6.92 Å². The van der Waals surface area contributed by atoms with E-state index in [0.29, 0.717) is 13.2 Å². The van der Waals surface area contributed by atoms with Gasteiger partial charge in [0, 0.05) is 12.6 Å². The van der Waals surface area contributed by atoms with E-state index in [-0.39, 0.29) is 11.9 Å². The molecule has 6 nitrogen and oxygen atoms in total. The van der Waals surface area contributed by atoms with Gasteiger partial charge in [0.25, 0.3) is 0 Å². The maximum absolute atomic E-state index is 12.0. The first-order chi connectivity index (χ1) is 11.0. The van der Waals surface area contributed by atoms with Gasteiger partial charge >= 0.3 is 6.03 Å². The van der Waals surface area contributed by atoms with Crippen LogP contribution in [-0.2, 0) is 4.79 Å². The largest absolute Gasteiger partial charge is 0.492 e. The number of urea groups is 1. The number of para-hydroxylation sites is 1. The van der Waals surface area contributed by atoms with Gasteiger partial charge in [-0.1, -0.05) is 18.2 Å². The van der Waals surface area contributed by atoms with Crippen molar-refractivity contribution < 1.29 is 14.3 Å². The summed E-state index contributed by atoms with van der Waals surface area (Å²) in [5.74, 6) is 0.545. The highest BCUT2D eigenvalue weighted by atomic mass is 16.5. The monoisotopic (exact) mass is 319 g/mol. The average Bonchev–Trinajstić information content (AvgIpc) is 3.31. The number of benzene rings is 1. The molecule has 6 heteroatoms. The van der Waals surface area contributed by atoms with Gasteiger partial charge in [0.15, 0.2) is 0 Å². The van der Waals surface area contributed by atoms with Crippen molar-refractivity contribution >= 4 is 11.9 Å². The Morgan fingerprint density at radius 3 is 2.70 bits per heavy atom. The van der Waals surface area contributed by atoms with Gasteiger partial charge in [0.05, 0.1) is 6.04 Å². The van der Waals surface area contributed by atoms with Crippen LogP contribution in [-0.4, -0.2) is 49.1 Å². The van der Waals surface area contributed by atoms with Gasteiger partial charge in [-0.25, -0.2) is 4.79 Å². The third-order valence-corrected chi connectivity index (χ3v) is 3.99. The molecule has 1 fully saturated rings. The quantitative estimate of drug-likeness (QED) is 0.802. The van der Waals surface area contributed by atoms with Crippen molar-refractivity contribution in [2.24, 2.45) is 0 Å². The summed E-state index contributed by atoms with van der Waals surface area (Å²) >= 11 is 0. The molecule has 1 aliphatic rings. The topological polar surface area (TPSA) is 70.7 Å². The number of ether oxygens (including phenoxy) is 1. The Morgan fingerprint density at radius 1 is 1.35 bits per heavy atom. The molecule has 0 spiro atoms. The molecule has 0 heterocycles. The highest BCUT2D eigenvalue weighted by Gasteiger charge is 2.25. The van der Waals surface area contributed by atoms with Crippen LogP contribution in [0.1, 0.15) is 25.3 Å². The Bertz CT molecular complexity index is 558. The molecule has 2 N–H and O–H groups in total. The lowest BCUT2D eigenvalue weighted by atomic mass is 10.2. The Balaban J connectivity index is 1.71. The maximum atomic E-state index is 12.0. The second-order valence-corrected chi connectivity index (χ2v) is 6.01. The zero-order valence-electron chi connectivity index (χ0n) is 14.0. The van der Waals surface area contributed by atoms with E-state index < -0.39 is 12.1 Å². The highest BCUT2D eigenvalue weighted by Crippen LogP contribution is 2.18. The van der Waals surface area contributed by atoms with E-state index in [9.17, 15) is 9.59 Å². The highest BCUT2D eigenvalue weighted by molar-refractivity contribution is 5.96. The minimum absolute atomic E-state index is 0.235. The van der Waals surface area contributed by atoms with E-state index >= 15 is 0 Å². The summed E-state index contributed by atoms with van der Waals surface area (Å²) in [7, 11) is 1.84. The van der Waals surface area contributed by atoms with Crippen molar-refractivity contribution in [1.82, 2.24) is 15.5 Å². The van der Waals surface area contributed by atoms with Gasteiger partial charge in [-0.3, -0.25) is 15.0 Å². The van der Waals surface area contributed by atoms with E-state index in [4.69, 9.17) is 4.74 Å². The van der Waals surface area contributed by atoms with Gasteiger partial charge in [-0.15, -0.1) is 0 Å². The number of rotatable bonds is 7. The molecule has 0 aromatic heterocycles. The van der Waals surface area contributed by atoms with Crippen LogP contribution in [0.2, 0.25) is 0 Å². The Morgan fingerprint density at radius 2 is 2.04 bits per heavy atom. The van der Waals surface area contributed by atoms with Crippen LogP contribution in [0.4, 0.5) is 4.79 Å². The van der Waals surface area contributed by atoms with E-state index in [0.717, 1.165) is 24.2 Å². The molecular weight excluding hydrogens is 294 g/mol. The number of hydrogen-bond acceptors (Lipinski definition) is 4. The fourth-order valence-electron chi connectivity index (χ4n) is 2.08. The van der Waals surface area contributed by atoms with Crippen molar-refractivity contribution in [3.8, 4) is 5.75 Å². The molecule has 1 aromatic rings. The molecule has 0 radical (unpaired) electrons. The van der Waals surface area contributed by atoms with Crippen LogP contribution in [0.25, 0.3) is 0 Å². The van der Waals surface area contributed by atoms with E-state index in [1.807, 2.05) is 43.1 Å². The molecule has 1 atom stereocenters. The third kappa shape index (κ3) is 5.56. The number of hydrogen-bond donors (Lipinski definition) is 2. The summed E-state index contributed by atoms with van der Waals surface area (Å²) in [5, 5.41) is 5.11. The summed E-state index contributed by atoms with van der Waals surface area (Å²) in [4.78, 5) is 25.5. The van der Waals surface area contributed by atoms with Crippen LogP contribution in [0.15, 0.2) is 24.3 Å². The van der Waals surface area contributed by atoms with Gasteiger partial charge < -0.3 is 10.1 Å². The number of aryl methyl sites for hydroxylation is 1. The van der Waals surface area contributed by atoms with Crippen LogP contribution >= 0.6 is 0 Å². The fraction of sp³-hybridized carbons (Fsp3) is 0.529. The minimum atomic E-state index is -0.408. The van der Waals surface area contributed by atoms with Crippen molar-refractivity contribution in [3.63, 3.8) is 0 Å². The normalized spacial score (nSPS) is 15.1. The number of imide groups is 1. The molecular formula is C17H25N3O3. The first-order valence-corrected chi connectivity index (χ1v) is 7.97. The lowest BCUT2D eigenvalue weighted by molar-refractivity contribution is -0.124. The molecule has 1 aromatic carbocycles. The summed E-state index contributed by atoms with van der Waals surface area (Å²) < 4.78 is 5.73. The number of nitrogens with zero attached hydrogens (tertiary/aromatic N) is 1. The predicted octanol–water partition coefficient (Wildman–Crippen LogP) is 1.68. The molecule has 0 saturated heterocycles. The van der Waals surface area contributed by atoms with Crippen molar-refractivity contribution in [3.05, 3.63) is 29.8 Å². The number of amides is 3. The van der Waals surface area contributed by atoms with Crippen LogP contribution in [0.5, 0.6) is 5.75 Å². The third-order valence-electron chi connectivity index (χ3n) is 3.99. The second kappa shape index (κ2) is 7.97. The predicted molar refractivity (Wildman–Crippen MR) is 88.5 cm³/mol. The van der Waals surface area contributed by atoms with Gasteiger partial charge in [0.2, 0.25) is 5.91 Å². The number of carbonyl (C=O) groups excluding carboxylic acids is 2. The van der Waals surface area contributed by atoms with Crippen LogP contribution < -0.4 is 15.4 Å². The molecule has 126 valence electrons. The first kappa shape index (κ1) is 17.3. The molecule has 2 rings (SSSR count). The number of nitrogens with one attached hydrogen (secondary N) is 2. The van der Waals surface area contributed by atoms with Crippen LogP contribution in [0, 0.1) is 6.92 Å². The molecule has 1 saturated carbocycles. The van der Waals surface area contributed by atoms with Crippen molar-refractivity contribution in [1.29, 1.82) is 0 Å². The average molecular weight is 319 g/mol. The SMILES string of the molecule is Cc1ccccc1OCCN(C)[C@@H](C)C(=O)NC(=O)NC1CC1. The Hall–Kier alpha value is -2.08. The second-order valence-electron chi connectivity index (χ2n) is 6.01. The lowest BCUT2D eigenvalue weighted by Gasteiger charge is -2.23. The standard InChI is InChI=1S/C17H25N3O3/c1-12-6-4-5-7-15(12)23-11-10-20(3)13(2)16(21)19-17(22)18-14-8-9-14/h4-7,13-14H,8-11H2,1-3H3,(H2,18,19,21,22)/t13-/m0/s1. The number of likely N-dealkylation sites (N-methyl/N-ethyl adjacent to an activating group) is 1. The molecule has 3 amide bonds. The smallest absolute Gasteiger partial charge is 0.321 e. The summed E-state index contributed by atoms with van der Waals surface area (Å²) in [6, 6.07) is 7.24. The lowest BCUT2D eigenvalue weighted by Crippen LogP contribution is -2.49. The molecule has 0 aliphatic heterocycles. The summed E-state index contributed by atoms with van der Waals surface area (Å²) in [6.07, 6.45) is 1.99. The van der Waals surface area contributed by atoms with Crippen LogP contribution in [0.3, 0.4) is 0 Å². The molecule has 23 heavy (non-hydrogen) atoms. The van der Waals surface area contributed by atoms with Gasteiger partial charge in [-0.05, 0) is 45.4 Å². The number of carbonyl (C=O) groups is 2. The fourth-order valence-corrected chi connectivity index (χ4v) is 2.08. The van der Waals surface area contributed by atoms with Crippen molar-refractivity contribution in [2.75, 3.05) is 20.2 Å². The minimum Gasteiger partial charge on any atom is -0.492 e. The zero-order chi connectivity index (χ0) is 16.8. The zero-order valence-corrected chi connectivity index (χ0v) is 14.0. The van der Waals surface area contributed by atoms with Gasteiger partial charge in [-0.2, -0.15) is 0 Å². The Labute approximate surface area is 137 Å². The van der Waals surface area contributed by atoms with Gasteiger partial charge in [0.1, 0.15) is 12.4 Å². The van der Waals surface area contributed by atoms with E-state index in [1.165, 1.54) is 0 Å². The van der Waals surface area contributed by atoms with Crippen molar-refractivity contribution in [2.45, 2.75) is 38.8 Å². The molecule has 0 bridgehead atoms.